The van der Waals surface area contributed by atoms with Gasteiger partial charge in [0, 0.05) is 25.0 Å². The molecule has 0 aliphatic carbocycles. The van der Waals surface area contributed by atoms with E-state index < -0.39 is 0 Å². The standard InChI is InChI=1S/C16H24N2O/c1-16(2,3)18-15(19)11-13-17-12-7-10-14-8-5-4-6-9-14/h4-10,17H,11-13H2,1-3H3,(H,18,19)/b10-7+. The number of carbonyl (C=O) groups is 1. The third-order valence-corrected chi connectivity index (χ3v) is 2.42. The van der Waals surface area contributed by atoms with Gasteiger partial charge < -0.3 is 10.6 Å². The summed E-state index contributed by atoms with van der Waals surface area (Å²) in [5.41, 5.74) is 1.04. The molecule has 2 N–H and O–H groups in total. The summed E-state index contributed by atoms with van der Waals surface area (Å²) in [5.74, 6) is 0.0899. The Morgan fingerprint density at radius 2 is 1.89 bits per heavy atom. The molecule has 0 fully saturated rings. The van der Waals surface area contributed by atoms with Crippen LogP contribution >= 0.6 is 0 Å². The summed E-state index contributed by atoms with van der Waals surface area (Å²) in [6, 6.07) is 10.2. The van der Waals surface area contributed by atoms with Crippen molar-refractivity contribution in [1.29, 1.82) is 0 Å². The summed E-state index contributed by atoms with van der Waals surface area (Å²) in [6.45, 7) is 7.43. The molecule has 0 aliphatic rings. The van der Waals surface area contributed by atoms with Crippen molar-refractivity contribution in [2.75, 3.05) is 13.1 Å². The van der Waals surface area contributed by atoms with Crippen LogP contribution in [0.2, 0.25) is 0 Å². The van der Waals surface area contributed by atoms with Crippen LogP contribution in [0.25, 0.3) is 6.08 Å². The molecule has 1 aromatic rings. The summed E-state index contributed by atoms with van der Waals surface area (Å²) in [5, 5.41) is 6.16. The monoisotopic (exact) mass is 260 g/mol. The zero-order chi connectivity index (χ0) is 14.1. The molecule has 0 aromatic heterocycles. The second-order valence-electron chi connectivity index (χ2n) is 5.57. The van der Waals surface area contributed by atoms with E-state index in [0.717, 1.165) is 6.54 Å². The van der Waals surface area contributed by atoms with Crippen LogP contribution in [0.3, 0.4) is 0 Å². The van der Waals surface area contributed by atoms with Gasteiger partial charge in [-0.3, -0.25) is 4.79 Å². The lowest BCUT2D eigenvalue weighted by molar-refractivity contribution is -0.122. The summed E-state index contributed by atoms with van der Waals surface area (Å²) >= 11 is 0. The highest BCUT2D eigenvalue weighted by molar-refractivity contribution is 5.76. The lowest BCUT2D eigenvalue weighted by Crippen LogP contribution is -2.41. The molecular weight excluding hydrogens is 236 g/mol. The molecule has 0 heterocycles. The summed E-state index contributed by atoms with van der Waals surface area (Å²) < 4.78 is 0. The minimum absolute atomic E-state index is 0.0899. The van der Waals surface area contributed by atoms with E-state index in [2.05, 4.69) is 34.9 Å². The molecule has 1 aromatic carbocycles. The van der Waals surface area contributed by atoms with Crippen molar-refractivity contribution in [3.63, 3.8) is 0 Å². The largest absolute Gasteiger partial charge is 0.351 e. The van der Waals surface area contributed by atoms with Gasteiger partial charge in [-0.2, -0.15) is 0 Å². The Balaban J connectivity index is 2.12. The van der Waals surface area contributed by atoms with Crippen LogP contribution in [0, 0.1) is 0 Å². The molecule has 0 spiro atoms. The Kier molecular flexibility index (Phi) is 6.30. The summed E-state index contributed by atoms with van der Waals surface area (Å²) in [4.78, 5) is 11.5. The zero-order valence-corrected chi connectivity index (χ0v) is 12.1. The van der Waals surface area contributed by atoms with Gasteiger partial charge in [-0.15, -0.1) is 0 Å². The third kappa shape index (κ3) is 8.16. The highest BCUT2D eigenvalue weighted by Gasteiger charge is 2.12. The molecule has 0 radical (unpaired) electrons. The van der Waals surface area contributed by atoms with Crippen molar-refractivity contribution in [2.24, 2.45) is 0 Å². The third-order valence-electron chi connectivity index (χ3n) is 2.42. The fourth-order valence-electron chi connectivity index (χ4n) is 1.63. The van der Waals surface area contributed by atoms with E-state index in [0.29, 0.717) is 13.0 Å². The maximum absolute atomic E-state index is 11.5. The van der Waals surface area contributed by atoms with Gasteiger partial charge in [-0.25, -0.2) is 0 Å². The highest BCUT2D eigenvalue weighted by atomic mass is 16.1. The number of nitrogens with one attached hydrogen (secondary N) is 2. The van der Waals surface area contributed by atoms with E-state index >= 15 is 0 Å². The minimum Gasteiger partial charge on any atom is -0.351 e. The smallest absolute Gasteiger partial charge is 0.221 e. The quantitative estimate of drug-likeness (QED) is 0.772. The molecule has 1 amide bonds. The predicted molar refractivity (Wildman–Crippen MR) is 80.9 cm³/mol. The first-order valence-electron chi connectivity index (χ1n) is 6.71. The first kappa shape index (κ1) is 15.4. The molecule has 3 heteroatoms. The molecule has 3 nitrogen and oxygen atoms in total. The van der Waals surface area contributed by atoms with Crippen molar-refractivity contribution in [2.45, 2.75) is 32.7 Å². The van der Waals surface area contributed by atoms with Gasteiger partial charge in [-0.05, 0) is 26.3 Å². The lowest BCUT2D eigenvalue weighted by atomic mass is 10.1. The first-order chi connectivity index (χ1) is 8.97. The van der Waals surface area contributed by atoms with Crippen LogP contribution in [0.15, 0.2) is 36.4 Å². The number of amides is 1. The number of benzene rings is 1. The maximum atomic E-state index is 11.5. The average Bonchev–Trinajstić information content (AvgIpc) is 2.32. The molecular formula is C16H24N2O. The Morgan fingerprint density at radius 3 is 2.53 bits per heavy atom. The number of rotatable bonds is 6. The Hall–Kier alpha value is -1.61. The van der Waals surface area contributed by atoms with Gasteiger partial charge in [0.2, 0.25) is 5.91 Å². The van der Waals surface area contributed by atoms with Crippen molar-refractivity contribution in [3.05, 3.63) is 42.0 Å². The molecule has 0 aliphatic heterocycles. The number of hydrogen-bond donors (Lipinski definition) is 2. The van der Waals surface area contributed by atoms with E-state index in [-0.39, 0.29) is 11.4 Å². The van der Waals surface area contributed by atoms with Gasteiger partial charge in [0.05, 0.1) is 0 Å². The van der Waals surface area contributed by atoms with Crippen molar-refractivity contribution >= 4 is 12.0 Å². The SMILES string of the molecule is CC(C)(C)NC(=O)CCNC/C=C/c1ccccc1. The number of carbonyl (C=O) groups excluding carboxylic acids is 1. The van der Waals surface area contributed by atoms with Gasteiger partial charge >= 0.3 is 0 Å². The van der Waals surface area contributed by atoms with E-state index in [1.165, 1.54) is 5.56 Å². The van der Waals surface area contributed by atoms with E-state index in [4.69, 9.17) is 0 Å². The molecule has 0 saturated heterocycles. The Labute approximate surface area is 116 Å². The second kappa shape index (κ2) is 7.74. The zero-order valence-electron chi connectivity index (χ0n) is 12.1. The summed E-state index contributed by atoms with van der Waals surface area (Å²) in [7, 11) is 0. The molecule has 0 bridgehead atoms. The van der Waals surface area contributed by atoms with Gasteiger partial charge in [0.1, 0.15) is 0 Å². The van der Waals surface area contributed by atoms with Crippen LogP contribution in [-0.2, 0) is 4.79 Å². The maximum Gasteiger partial charge on any atom is 0.221 e. The molecule has 0 saturated carbocycles. The molecule has 1 rings (SSSR count). The second-order valence-corrected chi connectivity index (χ2v) is 5.57. The van der Waals surface area contributed by atoms with Gasteiger partial charge in [0.25, 0.3) is 0 Å². The van der Waals surface area contributed by atoms with Crippen molar-refractivity contribution in [1.82, 2.24) is 10.6 Å². The van der Waals surface area contributed by atoms with Gasteiger partial charge in [0.15, 0.2) is 0 Å². The fraction of sp³-hybridized carbons (Fsp3) is 0.438. The van der Waals surface area contributed by atoms with Crippen LogP contribution in [0.1, 0.15) is 32.8 Å². The van der Waals surface area contributed by atoms with Crippen molar-refractivity contribution < 1.29 is 4.79 Å². The average molecular weight is 260 g/mol. The topological polar surface area (TPSA) is 41.1 Å². The fourth-order valence-corrected chi connectivity index (χ4v) is 1.63. The lowest BCUT2D eigenvalue weighted by Gasteiger charge is -2.20. The Morgan fingerprint density at radius 1 is 1.21 bits per heavy atom. The predicted octanol–water partition coefficient (Wildman–Crippen LogP) is 2.59. The molecule has 104 valence electrons. The summed E-state index contributed by atoms with van der Waals surface area (Å²) in [6.07, 6.45) is 4.65. The minimum atomic E-state index is -0.149. The van der Waals surface area contributed by atoms with Crippen LogP contribution in [0.4, 0.5) is 0 Å². The highest BCUT2D eigenvalue weighted by Crippen LogP contribution is 2.00. The van der Waals surface area contributed by atoms with Crippen LogP contribution in [0.5, 0.6) is 0 Å². The first-order valence-corrected chi connectivity index (χ1v) is 6.71. The van der Waals surface area contributed by atoms with E-state index in [1.54, 1.807) is 0 Å². The normalized spacial score (nSPS) is 11.7. The number of hydrogen-bond acceptors (Lipinski definition) is 2. The molecule has 19 heavy (non-hydrogen) atoms. The van der Waals surface area contributed by atoms with Crippen LogP contribution in [-0.4, -0.2) is 24.5 Å². The van der Waals surface area contributed by atoms with Gasteiger partial charge in [-0.1, -0.05) is 42.5 Å². The van der Waals surface area contributed by atoms with Crippen molar-refractivity contribution in [3.8, 4) is 0 Å². The Bertz CT molecular complexity index is 405. The molecule has 0 unspecified atom stereocenters. The van der Waals surface area contributed by atoms with E-state index in [1.807, 2.05) is 39.0 Å². The van der Waals surface area contributed by atoms with Crippen LogP contribution < -0.4 is 10.6 Å². The van der Waals surface area contributed by atoms with E-state index in [9.17, 15) is 4.79 Å². The molecule has 0 atom stereocenters.